The van der Waals surface area contributed by atoms with Gasteiger partial charge in [0, 0.05) is 19.1 Å². The molecule has 0 bridgehead atoms. The van der Waals surface area contributed by atoms with E-state index in [-0.39, 0.29) is 5.91 Å². The lowest BCUT2D eigenvalue weighted by atomic mass is 10.1. The highest BCUT2D eigenvalue weighted by Gasteiger charge is 2.29. The van der Waals surface area contributed by atoms with Gasteiger partial charge in [-0.25, -0.2) is 0 Å². The van der Waals surface area contributed by atoms with Crippen LogP contribution in [-0.4, -0.2) is 36.5 Å². The van der Waals surface area contributed by atoms with Crippen molar-refractivity contribution < 1.29 is 4.79 Å². The van der Waals surface area contributed by atoms with Crippen LogP contribution in [0.25, 0.3) is 0 Å². The molecule has 2 rings (SSSR count). The summed E-state index contributed by atoms with van der Waals surface area (Å²) in [4.78, 5) is 14.2. The first-order chi connectivity index (χ1) is 9.58. The van der Waals surface area contributed by atoms with Gasteiger partial charge < -0.3 is 11.1 Å². The first-order valence-electron chi connectivity index (χ1n) is 7.35. The van der Waals surface area contributed by atoms with Crippen molar-refractivity contribution in [3.05, 3.63) is 35.4 Å². The van der Waals surface area contributed by atoms with Crippen molar-refractivity contribution in [2.75, 3.05) is 19.6 Å². The van der Waals surface area contributed by atoms with Crippen molar-refractivity contribution in [2.24, 2.45) is 11.7 Å². The molecule has 4 nitrogen and oxygen atoms in total. The van der Waals surface area contributed by atoms with Crippen LogP contribution in [0.5, 0.6) is 0 Å². The van der Waals surface area contributed by atoms with Crippen molar-refractivity contribution in [2.45, 2.75) is 32.9 Å². The van der Waals surface area contributed by atoms with E-state index < -0.39 is 0 Å². The summed E-state index contributed by atoms with van der Waals surface area (Å²) in [6.07, 6.45) is 1.10. The minimum Gasteiger partial charge on any atom is -0.351 e. The van der Waals surface area contributed by atoms with E-state index in [4.69, 9.17) is 5.73 Å². The number of rotatable bonds is 5. The topological polar surface area (TPSA) is 58.4 Å². The molecule has 0 aliphatic carbocycles. The Morgan fingerprint density at radius 2 is 2.10 bits per heavy atom. The number of nitrogens with one attached hydrogen (secondary N) is 1. The number of nitrogens with two attached hydrogens (primary N) is 1. The van der Waals surface area contributed by atoms with Crippen LogP contribution in [-0.2, 0) is 11.3 Å². The minimum absolute atomic E-state index is 0.0927. The van der Waals surface area contributed by atoms with Gasteiger partial charge in [0.15, 0.2) is 0 Å². The van der Waals surface area contributed by atoms with Gasteiger partial charge in [-0.05, 0) is 38.3 Å². The zero-order chi connectivity index (χ0) is 14.5. The molecule has 1 aliphatic rings. The SMILES string of the molecule is Cc1ccc(CNC(=O)CN2CC(CN)CC2C)cc1. The van der Waals surface area contributed by atoms with Crippen LogP contribution in [0, 0.1) is 12.8 Å². The summed E-state index contributed by atoms with van der Waals surface area (Å²) in [5.74, 6) is 0.630. The van der Waals surface area contributed by atoms with E-state index in [0.29, 0.717) is 31.6 Å². The maximum absolute atomic E-state index is 12.0. The highest BCUT2D eigenvalue weighted by Crippen LogP contribution is 2.21. The molecule has 0 radical (unpaired) electrons. The molecule has 1 fully saturated rings. The van der Waals surface area contributed by atoms with Gasteiger partial charge in [-0.1, -0.05) is 29.8 Å². The molecule has 1 aromatic carbocycles. The molecule has 1 heterocycles. The molecule has 1 aliphatic heterocycles. The number of hydrogen-bond acceptors (Lipinski definition) is 3. The average molecular weight is 275 g/mol. The number of likely N-dealkylation sites (tertiary alicyclic amines) is 1. The number of carbonyl (C=O) groups is 1. The van der Waals surface area contributed by atoms with E-state index >= 15 is 0 Å². The summed E-state index contributed by atoms with van der Waals surface area (Å²) < 4.78 is 0. The number of benzene rings is 1. The van der Waals surface area contributed by atoms with Crippen molar-refractivity contribution in [3.8, 4) is 0 Å². The maximum Gasteiger partial charge on any atom is 0.234 e. The van der Waals surface area contributed by atoms with Gasteiger partial charge in [0.25, 0.3) is 0 Å². The maximum atomic E-state index is 12.0. The van der Waals surface area contributed by atoms with Crippen molar-refractivity contribution in [3.63, 3.8) is 0 Å². The Morgan fingerprint density at radius 1 is 1.40 bits per heavy atom. The van der Waals surface area contributed by atoms with Gasteiger partial charge in [0.1, 0.15) is 0 Å². The molecule has 1 saturated heterocycles. The Morgan fingerprint density at radius 3 is 2.70 bits per heavy atom. The lowest BCUT2D eigenvalue weighted by Crippen LogP contribution is -2.39. The second-order valence-corrected chi connectivity index (χ2v) is 5.88. The minimum atomic E-state index is 0.0927. The van der Waals surface area contributed by atoms with Crippen molar-refractivity contribution in [1.29, 1.82) is 0 Å². The third-order valence-electron chi connectivity index (χ3n) is 4.08. The normalized spacial score (nSPS) is 22.9. The van der Waals surface area contributed by atoms with Crippen LogP contribution in [0.4, 0.5) is 0 Å². The van der Waals surface area contributed by atoms with Crippen LogP contribution < -0.4 is 11.1 Å². The molecule has 1 aromatic rings. The first-order valence-corrected chi connectivity index (χ1v) is 7.35. The molecule has 0 aromatic heterocycles. The van der Waals surface area contributed by atoms with E-state index in [0.717, 1.165) is 18.5 Å². The summed E-state index contributed by atoms with van der Waals surface area (Å²) in [5, 5.41) is 2.99. The monoisotopic (exact) mass is 275 g/mol. The Kier molecular flexibility index (Phi) is 5.15. The number of aryl methyl sites for hydroxylation is 1. The second kappa shape index (κ2) is 6.86. The third kappa shape index (κ3) is 4.05. The van der Waals surface area contributed by atoms with Crippen molar-refractivity contribution in [1.82, 2.24) is 10.2 Å². The molecule has 0 spiro atoms. The van der Waals surface area contributed by atoms with Crippen LogP contribution in [0.15, 0.2) is 24.3 Å². The summed E-state index contributed by atoms with van der Waals surface area (Å²) in [6, 6.07) is 8.69. The fraction of sp³-hybridized carbons (Fsp3) is 0.562. The summed E-state index contributed by atoms with van der Waals surface area (Å²) >= 11 is 0. The number of nitrogens with zero attached hydrogens (tertiary/aromatic N) is 1. The highest BCUT2D eigenvalue weighted by molar-refractivity contribution is 5.78. The van der Waals surface area contributed by atoms with Crippen molar-refractivity contribution >= 4 is 5.91 Å². The molecular weight excluding hydrogens is 250 g/mol. The first kappa shape index (κ1) is 15.0. The lowest BCUT2D eigenvalue weighted by Gasteiger charge is -2.20. The number of hydrogen-bond donors (Lipinski definition) is 2. The number of carbonyl (C=O) groups excluding carboxylic acids is 1. The highest BCUT2D eigenvalue weighted by atomic mass is 16.2. The smallest absolute Gasteiger partial charge is 0.234 e. The van der Waals surface area contributed by atoms with Crippen LogP contribution >= 0.6 is 0 Å². The molecule has 0 saturated carbocycles. The average Bonchev–Trinajstić information content (AvgIpc) is 2.79. The fourth-order valence-corrected chi connectivity index (χ4v) is 2.76. The largest absolute Gasteiger partial charge is 0.351 e. The van der Waals surface area contributed by atoms with Gasteiger partial charge in [-0.3, -0.25) is 9.69 Å². The fourth-order valence-electron chi connectivity index (χ4n) is 2.76. The summed E-state index contributed by atoms with van der Waals surface area (Å²) in [6.45, 7) is 6.96. The van der Waals surface area contributed by atoms with Gasteiger partial charge in [0.2, 0.25) is 5.91 Å². The number of amides is 1. The summed E-state index contributed by atoms with van der Waals surface area (Å²) in [5.41, 5.74) is 8.08. The van der Waals surface area contributed by atoms with E-state index in [1.807, 2.05) is 0 Å². The van der Waals surface area contributed by atoms with Crippen LogP contribution in [0.2, 0.25) is 0 Å². The van der Waals surface area contributed by atoms with Crippen LogP contribution in [0.3, 0.4) is 0 Å². The molecule has 3 N–H and O–H groups in total. The van der Waals surface area contributed by atoms with Crippen LogP contribution in [0.1, 0.15) is 24.5 Å². The standard InChI is InChI=1S/C16H25N3O/c1-12-3-5-14(6-4-12)9-18-16(20)11-19-10-15(8-17)7-13(19)2/h3-6,13,15H,7-11,17H2,1-2H3,(H,18,20). The molecule has 4 heteroatoms. The van der Waals surface area contributed by atoms with E-state index in [9.17, 15) is 4.79 Å². The zero-order valence-corrected chi connectivity index (χ0v) is 12.4. The Bertz CT molecular complexity index is 444. The summed E-state index contributed by atoms with van der Waals surface area (Å²) in [7, 11) is 0. The van der Waals surface area contributed by atoms with E-state index in [1.54, 1.807) is 0 Å². The molecule has 2 atom stereocenters. The van der Waals surface area contributed by atoms with Gasteiger partial charge in [0.05, 0.1) is 6.54 Å². The van der Waals surface area contributed by atoms with Gasteiger partial charge in [-0.15, -0.1) is 0 Å². The molecule has 1 amide bonds. The quantitative estimate of drug-likeness (QED) is 0.851. The van der Waals surface area contributed by atoms with Gasteiger partial charge in [-0.2, -0.15) is 0 Å². The van der Waals surface area contributed by atoms with E-state index in [1.165, 1.54) is 5.56 Å². The Hall–Kier alpha value is -1.39. The second-order valence-electron chi connectivity index (χ2n) is 5.88. The Balaban J connectivity index is 1.77. The lowest BCUT2D eigenvalue weighted by molar-refractivity contribution is -0.122. The van der Waals surface area contributed by atoms with E-state index in [2.05, 4.69) is 48.3 Å². The molecule has 110 valence electrons. The predicted molar refractivity (Wildman–Crippen MR) is 81.2 cm³/mol. The molecular formula is C16H25N3O. The third-order valence-corrected chi connectivity index (χ3v) is 4.08. The Labute approximate surface area is 121 Å². The molecule has 20 heavy (non-hydrogen) atoms. The molecule has 2 unspecified atom stereocenters. The van der Waals surface area contributed by atoms with Gasteiger partial charge >= 0.3 is 0 Å². The zero-order valence-electron chi connectivity index (χ0n) is 12.4. The predicted octanol–water partition coefficient (Wildman–Crippen LogP) is 1.28.